The molecule has 43 heavy (non-hydrogen) atoms. The van der Waals surface area contributed by atoms with Gasteiger partial charge in [-0.2, -0.15) is 0 Å². The molecule has 200 valence electrons. The van der Waals surface area contributed by atoms with Crippen LogP contribution in [0.4, 0.5) is 0 Å². The second-order valence-electron chi connectivity index (χ2n) is 11.3. The summed E-state index contributed by atoms with van der Waals surface area (Å²) in [6, 6.07) is 51.6. The molecular formula is C40H23NS2. The van der Waals surface area contributed by atoms with Crippen LogP contribution < -0.4 is 0 Å². The van der Waals surface area contributed by atoms with Crippen molar-refractivity contribution in [2.45, 2.75) is 0 Å². The summed E-state index contributed by atoms with van der Waals surface area (Å²) < 4.78 is 7.85. The number of nitrogens with zero attached hydrogens (tertiary/aromatic N) is 1. The standard InChI is InChI=1S/C40H23NS2/c1-4-13-35-28(8-1)34-22-25-18-21-32-30-10-3-6-15-38(30)43-40(32)33(25)23-36(34)41(35)26-19-16-24(17-20-26)27-11-7-12-31-29-9-2-5-14-37(29)42-39(27)31/h1-23H. The highest BCUT2D eigenvalue weighted by Gasteiger charge is 2.16. The highest BCUT2D eigenvalue weighted by atomic mass is 32.1. The average molecular weight is 582 g/mol. The Labute approximate surface area is 255 Å². The van der Waals surface area contributed by atoms with E-state index in [1.807, 2.05) is 22.7 Å². The van der Waals surface area contributed by atoms with Gasteiger partial charge in [0.25, 0.3) is 0 Å². The van der Waals surface area contributed by atoms with E-state index < -0.39 is 0 Å². The maximum atomic E-state index is 2.44. The molecule has 10 rings (SSSR count). The van der Waals surface area contributed by atoms with Crippen molar-refractivity contribution < 1.29 is 0 Å². The molecule has 10 aromatic rings. The van der Waals surface area contributed by atoms with Crippen LogP contribution in [0.3, 0.4) is 0 Å². The van der Waals surface area contributed by atoms with Gasteiger partial charge in [-0.25, -0.2) is 0 Å². The summed E-state index contributed by atoms with van der Waals surface area (Å²) in [6.45, 7) is 0. The fourth-order valence-corrected chi connectivity index (χ4v) is 9.48. The maximum absolute atomic E-state index is 2.44. The molecule has 1 nitrogen and oxygen atoms in total. The van der Waals surface area contributed by atoms with Crippen molar-refractivity contribution in [1.82, 2.24) is 4.57 Å². The number of hydrogen-bond acceptors (Lipinski definition) is 2. The van der Waals surface area contributed by atoms with Gasteiger partial charge in [0, 0.05) is 62.2 Å². The molecule has 3 aromatic heterocycles. The minimum atomic E-state index is 1.18. The Morgan fingerprint density at radius 2 is 1.05 bits per heavy atom. The highest BCUT2D eigenvalue weighted by Crippen LogP contribution is 2.43. The van der Waals surface area contributed by atoms with Crippen molar-refractivity contribution in [2.24, 2.45) is 0 Å². The van der Waals surface area contributed by atoms with Gasteiger partial charge < -0.3 is 4.57 Å². The Kier molecular flexibility index (Phi) is 4.81. The molecule has 0 aliphatic carbocycles. The first-order valence-corrected chi connectivity index (χ1v) is 16.2. The molecule has 0 aliphatic heterocycles. The molecule has 0 aliphatic rings. The number of para-hydroxylation sites is 1. The van der Waals surface area contributed by atoms with Crippen LogP contribution in [0.1, 0.15) is 0 Å². The topological polar surface area (TPSA) is 4.93 Å². The molecule has 0 amide bonds. The Balaban J connectivity index is 1.20. The quantitative estimate of drug-likeness (QED) is 0.191. The summed E-state index contributed by atoms with van der Waals surface area (Å²) in [6.07, 6.45) is 0. The van der Waals surface area contributed by atoms with E-state index in [4.69, 9.17) is 0 Å². The van der Waals surface area contributed by atoms with Crippen molar-refractivity contribution in [1.29, 1.82) is 0 Å². The minimum absolute atomic E-state index is 1.18. The van der Waals surface area contributed by atoms with Crippen LogP contribution in [-0.4, -0.2) is 4.57 Å². The zero-order valence-electron chi connectivity index (χ0n) is 23.0. The second kappa shape index (κ2) is 8.78. The van der Waals surface area contributed by atoms with Crippen molar-refractivity contribution in [3.63, 3.8) is 0 Å². The van der Waals surface area contributed by atoms with Gasteiger partial charge in [0.1, 0.15) is 0 Å². The SMILES string of the molecule is c1ccc2c(c1)sc1c(-c3ccc(-n4c5ccccc5c5cc6ccc7c8ccccc8sc7c6cc54)cc3)cccc12. The van der Waals surface area contributed by atoms with E-state index in [0.29, 0.717) is 0 Å². The first kappa shape index (κ1) is 23.6. The molecule has 0 fully saturated rings. The molecule has 7 aromatic carbocycles. The molecule has 0 bridgehead atoms. The van der Waals surface area contributed by atoms with Crippen molar-refractivity contribution in [3.8, 4) is 16.8 Å². The predicted octanol–water partition coefficient (Wildman–Crippen LogP) is 12.3. The summed E-state index contributed by atoms with van der Waals surface area (Å²) in [5, 5.41) is 10.6. The lowest BCUT2D eigenvalue weighted by molar-refractivity contribution is 1.18. The van der Waals surface area contributed by atoms with E-state index in [2.05, 4.69) is 144 Å². The number of rotatable bonds is 2. The third kappa shape index (κ3) is 3.32. The largest absolute Gasteiger partial charge is 0.309 e. The average Bonchev–Trinajstić information content (AvgIpc) is 3.73. The van der Waals surface area contributed by atoms with E-state index in [-0.39, 0.29) is 0 Å². The van der Waals surface area contributed by atoms with Crippen LogP contribution in [-0.2, 0) is 0 Å². The van der Waals surface area contributed by atoms with Crippen molar-refractivity contribution in [3.05, 3.63) is 140 Å². The lowest BCUT2D eigenvalue weighted by Crippen LogP contribution is -1.93. The van der Waals surface area contributed by atoms with Gasteiger partial charge in [0.2, 0.25) is 0 Å². The molecule has 0 radical (unpaired) electrons. The fraction of sp³-hybridized carbons (Fsp3) is 0. The summed E-state index contributed by atoms with van der Waals surface area (Å²) in [5.41, 5.74) is 6.21. The van der Waals surface area contributed by atoms with Crippen LogP contribution in [0.5, 0.6) is 0 Å². The number of aromatic nitrogens is 1. The first-order valence-electron chi connectivity index (χ1n) is 14.6. The number of benzene rings is 7. The third-order valence-corrected chi connectivity index (χ3v) is 11.4. The van der Waals surface area contributed by atoms with Crippen LogP contribution in [0.15, 0.2) is 140 Å². The summed E-state index contributed by atoms with van der Waals surface area (Å²) in [7, 11) is 0. The second-order valence-corrected chi connectivity index (χ2v) is 13.4. The van der Waals surface area contributed by atoms with E-state index in [1.54, 1.807) is 0 Å². The van der Waals surface area contributed by atoms with Crippen LogP contribution >= 0.6 is 22.7 Å². The number of thiophene rings is 2. The van der Waals surface area contributed by atoms with Gasteiger partial charge in [-0.1, -0.05) is 97.1 Å². The summed E-state index contributed by atoms with van der Waals surface area (Å²) in [5.74, 6) is 0. The Hall–Kier alpha value is -4.96. The van der Waals surface area contributed by atoms with E-state index in [9.17, 15) is 0 Å². The lowest BCUT2D eigenvalue weighted by atomic mass is 10.0. The Morgan fingerprint density at radius 3 is 1.84 bits per heavy atom. The molecule has 0 unspecified atom stereocenters. The number of fused-ring (bicyclic) bond motifs is 11. The van der Waals surface area contributed by atoms with Gasteiger partial charge in [-0.3, -0.25) is 0 Å². The highest BCUT2D eigenvalue weighted by molar-refractivity contribution is 7.27. The molecule has 0 atom stereocenters. The van der Waals surface area contributed by atoms with E-state index >= 15 is 0 Å². The molecule has 3 heteroatoms. The molecular weight excluding hydrogens is 559 g/mol. The minimum Gasteiger partial charge on any atom is -0.309 e. The zero-order valence-corrected chi connectivity index (χ0v) is 24.7. The monoisotopic (exact) mass is 581 g/mol. The zero-order chi connectivity index (χ0) is 28.1. The van der Waals surface area contributed by atoms with Crippen molar-refractivity contribution in [2.75, 3.05) is 0 Å². The maximum Gasteiger partial charge on any atom is 0.0547 e. The predicted molar refractivity (Wildman–Crippen MR) is 190 cm³/mol. The fourth-order valence-electron chi connectivity index (χ4n) is 7.01. The number of hydrogen-bond donors (Lipinski definition) is 0. The smallest absolute Gasteiger partial charge is 0.0547 e. The molecule has 0 saturated heterocycles. The Bertz CT molecular complexity index is 2720. The van der Waals surface area contributed by atoms with Gasteiger partial charge in [-0.15, -0.1) is 22.7 Å². The first-order chi connectivity index (χ1) is 21.3. The van der Waals surface area contributed by atoms with Crippen molar-refractivity contribution >= 4 is 95.6 Å². The summed E-state index contributed by atoms with van der Waals surface area (Å²) in [4.78, 5) is 0. The lowest BCUT2D eigenvalue weighted by Gasteiger charge is -2.11. The normalized spacial score (nSPS) is 12.2. The third-order valence-electron chi connectivity index (χ3n) is 8.99. The van der Waals surface area contributed by atoms with E-state index in [0.717, 1.165) is 0 Å². The van der Waals surface area contributed by atoms with Gasteiger partial charge >= 0.3 is 0 Å². The van der Waals surface area contributed by atoms with Gasteiger partial charge in [-0.05, 0) is 59.0 Å². The summed E-state index contributed by atoms with van der Waals surface area (Å²) >= 11 is 3.79. The van der Waals surface area contributed by atoms with Crippen LogP contribution in [0.25, 0.3) is 89.7 Å². The molecule has 3 heterocycles. The van der Waals surface area contributed by atoms with Gasteiger partial charge in [0.15, 0.2) is 0 Å². The van der Waals surface area contributed by atoms with E-state index in [1.165, 1.54) is 89.7 Å². The molecule has 0 spiro atoms. The molecule has 0 saturated carbocycles. The Morgan fingerprint density at radius 1 is 0.395 bits per heavy atom. The van der Waals surface area contributed by atoms with Gasteiger partial charge in [0.05, 0.1) is 11.0 Å². The molecule has 0 N–H and O–H groups in total. The van der Waals surface area contributed by atoms with Crippen LogP contribution in [0.2, 0.25) is 0 Å². The van der Waals surface area contributed by atoms with Crippen LogP contribution in [0, 0.1) is 0 Å².